The summed E-state index contributed by atoms with van der Waals surface area (Å²) >= 11 is 3.29. The van der Waals surface area contributed by atoms with Gasteiger partial charge in [-0.15, -0.1) is 0 Å². The Morgan fingerprint density at radius 1 is 0.886 bits per heavy atom. The third-order valence-electron chi connectivity index (χ3n) is 15.2. The fourth-order valence-electron chi connectivity index (χ4n) is 10.3. The molecule has 0 saturated carbocycles. The van der Waals surface area contributed by atoms with Crippen LogP contribution in [0.25, 0.3) is 0 Å². The first kappa shape index (κ1) is 64.0. The topological polar surface area (TPSA) is 192 Å². The highest BCUT2D eigenvalue weighted by Crippen LogP contribution is 2.41. The smallest absolute Gasteiger partial charge is 0.331 e. The van der Waals surface area contributed by atoms with E-state index in [0.29, 0.717) is 49.0 Å². The minimum atomic E-state index is -1.29. The first-order valence-electron chi connectivity index (χ1n) is 27.0. The number of esters is 2. The van der Waals surface area contributed by atoms with Gasteiger partial charge in [0.15, 0.2) is 0 Å². The van der Waals surface area contributed by atoms with Crippen molar-refractivity contribution >= 4 is 27.9 Å². The Kier molecular flexibility index (Phi) is 30.1. The molecule has 0 aliphatic carbocycles. The number of aliphatic hydroxyl groups is 6. The van der Waals surface area contributed by atoms with Crippen molar-refractivity contribution in [2.24, 2.45) is 23.2 Å². The molecule has 0 aromatic carbocycles. The molecule has 0 amide bonds. The highest BCUT2D eigenvalue weighted by molar-refractivity contribution is 9.11. The molecule has 1 fully saturated rings. The van der Waals surface area contributed by atoms with Crippen LogP contribution in [-0.2, 0) is 28.5 Å². The second kappa shape index (κ2) is 33.0. The highest BCUT2D eigenvalue weighted by Gasteiger charge is 2.52. The van der Waals surface area contributed by atoms with Crippen LogP contribution < -0.4 is 0 Å². The second-order valence-electron chi connectivity index (χ2n) is 22.4. The zero-order valence-corrected chi connectivity index (χ0v) is 46.7. The first-order valence-corrected chi connectivity index (χ1v) is 27.9. The van der Waals surface area contributed by atoms with E-state index in [4.69, 9.17) is 18.9 Å². The number of halogens is 1. The van der Waals surface area contributed by atoms with Gasteiger partial charge in [-0.2, -0.15) is 0 Å². The van der Waals surface area contributed by atoms with Crippen LogP contribution in [0.4, 0.5) is 0 Å². The molecule has 0 spiro atoms. The number of allylic oxidation sites excluding steroid dienone is 2. The molecule has 2 aliphatic heterocycles. The van der Waals surface area contributed by atoms with Gasteiger partial charge in [0.05, 0.1) is 43.7 Å². The van der Waals surface area contributed by atoms with E-state index in [2.05, 4.69) is 43.3 Å². The van der Waals surface area contributed by atoms with Gasteiger partial charge in [0.25, 0.3) is 0 Å². The molecule has 2 bridgehead atoms. The maximum absolute atomic E-state index is 13.1. The summed E-state index contributed by atoms with van der Waals surface area (Å²) in [6, 6.07) is 0. The third-order valence-corrected chi connectivity index (χ3v) is 15.6. The van der Waals surface area contributed by atoms with Gasteiger partial charge in [-0.1, -0.05) is 158 Å². The van der Waals surface area contributed by atoms with E-state index < -0.39 is 71.7 Å². The highest BCUT2D eigenvalue weighted by atomic mass is 79.9. The van der Waals surface area contributed by atoms with Crippen molar-refractivity contribution in [3.63, 3.8) is 0 Å². The number of carbonyl (C=O) groups is 2. The first-order chi connectivity index (χ1) is 33.0. The van der Waals surface area contributed by atoms with Crippen LogP contribution in [0, 0.1) is 23.2 Å². The number of hydrogen-bond acceptors (Lipinski definition) is 12. The van der Waals surface area contributed by atoms with Crippen LogP contribution in [0.5, 0.6) is 0 Å². The molecule has 2 heterocycles. The third kappa shape index (κ3) is 23.0. The minimum absolute atomic E-state index is 0.0243. The summed E-state index contributed by atoms with van der Waals surface area (Å²) in [6.07, 6.45) is 14.0. The number of rotatable bonds is 31. The standard InChI is InChI=1S/C57H99BrO12/c1-12-13-14-15-16-17-18-19-20-21-22-23-24-25-54(65)68-45(33-42(6)49(37-58)67-11)34-47(60)43(7)48(61)36-51(63)56(8,9)50(62)30-41(5)31-52(64)57(10)53-35-46(70-57)29-40(4)28-44(59)27-38(2)26-39(3)32-55(66)69-53/h31-32,37-38,40,43-48,50-53,59-64H,6,12-30,33-36H2,1-5,7-11H3/b39-32+,41-31+,49-37+. The lowest BCUT2D eigenvalue weighted by molar-refractivity contribution is -0.164. The molecule has 13 atom stereocenters. The molecule has 2 rings (SSSR count). The summed E-state index contributed by atoms with van der Waals surface area (Å²) in [5.74, 6) is -0.786. The van der Waals surface area contributed by atoms with Crippen molar-refractivity contribution < 1.29 is 59.2 Å². The van der Waals surface area contributed by atoms with Gasteiger partial charge in [-0.05, 0) is 76.7 Å². The Bertz CT molecular complexity index is 1630. The minimum Gasteiger partial charge on any atom is -0.496 e. The van der Waals surface area contributed by atoms with Crippen molar-refractivity contribution in [2.75, 3.05) is 7.11 Å². The summed E-state index contributed by atoms with van der Waals surface area (Å²) < 4.78 is 23.8. The van der Waals surface area contributed by atoms with Gasteiger partial charge in [-0.3, -0.25) is 4.79 Å². The lowest BCUT2D eigenvalue weighted by atomic mass is 9.75. The van der Waals surface area contributed by atoms with Crippen LogP contribution in [0.15, 0.2) is 46.2 Å². The van der Waals surface area contributed by atoms with Crippen molar-refractivity contribution in [2.45, 2.75) is 271 Å². The van der Waals surface area contributed by atoms with Crippen molar-refractivity contribution in [3.8, 4) is 0 Å². The van der Waals surface area contributed by atoms with E-state index in [9.17, 15) is 40.2 Å². The molecule has 12 nitrogen and oxygen atoms in total. The molecule has 406 valence electrons. The fraction of sp³-hybridized carbons (Fsp3) is 0.825. The van der Waals surface area contributed by atoms with Crippen LogP contribution in [0.1, 0.15) is 210 Å². The van der Waals surface area contributed by atoms with Gasteiger partial charge in [0.1, 0.15) is 29.7 Å². The van der Waals surface area contributed by atoms with Gasteiger partial charge in [-0.25, -0.2) is 4.79 Å². The quantitative estimate of drug-likeness (QED) is 0.0127. The summed E-state index contributed by atoms with van der Waals surface area (Å²) in [4.78, 5) is 27.8. The predicted octanol–water partition coefficient (Wildman–Crippen LogP) is 11.4. The summed E-state index contributed by atoms with van der Waals surface area (Å²) in [6.45, 7) is 21.0. The van der Waals surface area contributed by atoms with Crippen LogP contribution in [0.3, 0.4) is 0 Å². The number of methoxy groups -OCH3 is 1. The summed E-state index contributed by atoms with van der Waals surface area (Å²) in [5, 5.41) is 68.5. The predicted molar refractivity (Wildman–Crippen MR) is 283 cm³/mol. The molecular weight excluding hydrogens is 957 g/mol. The van der Waals surface area contributed by atoms with Gasteiger partial charge < -0.3 is 49.6 Å². The SMILES string of the molecule is C=C(CC(CC(O)C(C)C(O)CC(O)C(C)(C)C(O)C/C(C)=C/C(O)C1(C)OC2CC(C)CC(O)CC(C)C/C(C)=C/C(=O)OC1C2)OC(=O)CCCCCCCCCCCCCCC)/C(=C\Br)OC. The van der Waals surface area contributed by atoms with E-state index >= 15 is 0 Å². The van der Waals surface area contributed by atoms with Gasteiger partial charge in [0.2, 0.25) is 0 Å². The van der Waals surface area contributed by atoms with Crippen LogP contribution >= 0.6 is 15.9 Å². The maximum Gasteiger partial charge on any atom is 0.331 e. The Labute approximate surface area is 432 Å². The maximum atomic E-state index is 13.1. The van der Waals surface area contributed by atoms with Crippen LogP contribution in [0.2, 0.25) is 0 Å². The second-order valence-corrected chi connectivity index (χ2v) is 22.9. The molecule has 0 aromatic heterocycles. The molecule has 13 heteroatoms. The molecular formula is C57H99BrO12. The zero-order valence-electron chi connectivity index (χ0n) is 45.1. The molecule has 0 radical (unpaired) electrons. The number of unbranched alkanes of at least 4 members (excludes halogenated alkanes) is 12. The molecule has 6 N–H and O–H groups in total. The summed E-state index contributed by atoms with van der Waals surface area (Å²) in [5.41, 5.74) is -0.369. The largest absolute Gasteiger partial charge is 0.496 e. The van der Waals surface area contributed by atoms with E-state index in [-0.39, 0.29) is 56.0 Å². The molecule has 0 aromatic rings. The van der Waals surface area contributed by atoms with E-state index in [1.54, 1.807) is 45.7 Å². The Morgan fingerprint density at radius 2 is 1.44 bits per heavy atom. The zero-order chi connectivity index (χ0) is 52.6. The number of fused-ring (bicyclic) bond motifs is 2. The van der Waals surface area contributed by atoms with E-state index in [1.807, 2.05) is 6.92 Å². The molecule has 2 aliphatic rings. The number of aliphatic hydroxyl groups excluding tert-OH is 6. The van der Waals surface area contributed by atoms with Crippen molar-refractivity contribution in [1.29, 1.82) is 0 Å². The van der Waals surface area contributed by atoms with Crippen molar-refractivity contribution in [3.05, 3.63) is 46.2 Å². The van der Waals surface area contributed by atoms with E-state index in [1.165, 1.54) is 71.0 Å². The number of carbonyl (C=O) groups excluding carboxylic acids is 2. The summed E-state index contributed by atoms with van der Waals surface area (Å²) in [7, 11) is 1.52. The fourth-order valence-corrected chi connectivity index (χ4v) is 10.8. The van der Waals surface area contributed by atoms with E-state index in [0.717, 1.165) is 31.3 Å². The monoisotopic (exact) mass is 1050 g/mol. The average Bonchev–Trinajstić information content (AvgIpc) is 3.58. The van der Waals surface area contributed by atoms with Gasteiger partial charge in [0, 0.05) is 54.5 Å². The van der Waals surface area contributed by atoms with Gasteiger partial charge >= 0.3 is 11.9 Å². The average molecular weight is 1060 g/mol. The molecule has 13 unspecified atom stereocenters. The lowest BCUT2D eigenvalue weighted by Crippen LogP contribution is -2.48. The number of hydrogen-bond donors (Lipinski definition) is 6. The lowest BCUT2D eigenvalue weighted by Gasteiger charge is -2.38. The number of ether oxygens (including phenoxy) is 4. The van der Waals surface area contributed by atoms with Crippen LogP contribution in [-0.4, -0.2) is 110 Å². The molecule has 1 saturated heterocycles. The Hall–Kier alpha value is -2.10. The molecule has 70 heavy (non-hydrogen) atoms. The Balaban J connectivity index is 2.03. The normalized spacial score (nSPS) is 27.0. The van der Waals surface area contributed by atoms with Crippen molar-refractivity contribution in [1.82, 2.24) is 0 Å². The Morgan fingerprint density at radius 3 is 2.01 bits per heavy atom.